The Balaban J connectivity index is 1.85. The molecule has 0 fully saturated rings. The van der Waals surface area contributed by atoms with Gasteiger partial charge in [0.05, 0.1) is 0 Å². The highest BCUT2D eigenvalue weighted by atomic mass is 15.2. The van der Waals surface area contributed by atoms with Crippen molar-refractivity contribution in [1.82, 2.24) is 20.2 Å². The second-order valence-corrected chi connectivity index (χ2v) is 5.05. The molecule has 0 radical (unpaired) electrons. The van der Waals surface area contributed by atoms with Crippen molar-refractivity contribution in [3.8, 4) is 0 Å². The standard InChI is InChI=1S/C17H18N6/c1-12-10-17(23-22-12)21-16-11-15(18-2)19-14(20-16)9-8-13-6-4-3-5-7-13/h3-11H,1-2H3,(H3,18,19,20,21,22,23). The number of hydrogen-bond donors (Lipinski definition) is 3. The van der Waals surface area contributed by atoms with Crippen molar-refractivity contribution in [3.63, 3.8) is 0 Å². The lowest BCUT2D eigenvalue weighted by molar-refractivity contribution is 1.04. The highest BCUT2D eigenvalue weighted by Gasteiger charge is 2.04. The number of rotatable bonds is 5. The molecule has 0 spiro atoms. The third kappa shape index (κ3) is 3.94. The van der Waals surface area contributed by atoms with Gasteiger partial charge in [0.2, 0.25) is 0 Å². The van der Waals surface area contributed by atoms with Crippen molar-refractivity contribution in [2.24, 2.45) is 0 Å². The fraction of sp³-hybridized carbons (Fsp3) is 0.118. The van der Waals surface area contributed by atoms with Gasteiger partial charge >= 0.3 is 0 Å². The first kappa shape index (κ1) is 14.8. The van der Waals surface area contributed by atoms with Crippen molar-refractivity contribution in [1.29, 1.82) is 0 Å². The van der Waals surface area contributed by atoms with E-state index in [1.807, 2.05) is 68.6 Å². The minimum atomic E-state index is 0.621. The van der Waals surface area contributed by atoms with Gasteiger partial charge in [-0.2, -0.15) is 5.10 Å². The van der Waals surface area contributed by atoms with E-state index in [1.54, 1.807) is 0 Å². The van der Waals surface area contributed by atoms with Gasteiger partial charge in [0.1, 0.15) is 11.6 Å². The minimum Gasteiger partial charge on any atom is -0.373 e. The Morgan fingerprint density at radius 2 is 1.74 bits per heavy atom. The summed E-state index contributed by atoms with van der Waals surface area (Å²) in [5, 5.41) is 13.3. The Morgan fingerprint density at radius 3 is 2.43 bits per heavy atom. The Kier molecular flexibility index (Phi) is 4.33. The van der Waals surface area contributed by atoms with Crippen LogP contribution in [0.5, 0.6) is 0 Å². The maximum absolute atomic E-state index is 4.50. The average Bonchev–Trinajstić information content (AvgIpc) is 2.98. The Labute approximate surface area is 134 Å². The van der Waals surface area contributed by atoms with Crippen molar-refractivity contribution in [3.05, 3.63) is 59.5 Å². The molecule has 2 heterocycles. The number of nitrogens with zero attached hydrogens (tertiary/aromatic N) is 3. The van der Waals surface area contributed by atoms with E-state index >= 15 is 0 Å². The predicted octanol–water partition coefficient (Wildman–Crippen LogP) is 3.46. The van der Waals surface area contributed by atoms with Gasteiger partial charge in [-0.05, 0) is 18.6 Å². The summed E-state index contributed by atoms with van der Waals surface area (Å²) < 4.78 is 0. The van der Waals surface area contributed by atoms with E-state index < -0.39 is 0 Å². The molecular formula is C17H18N6. The zero-order valence-electron chi connectivity index (χ0n) is 13.0. The van der Waals surface area contributed by atoms with Crippen molar-refractivity contribution in [2.75, 3.05) is 17.7 Å². The predicted molar refractivity (Wildman–Crippen MR) is 93.6 cm³/mol. The molecule has 0 amide bonds. The fourth-order valence-electron chi connectivity index (χ4n) is 2.08. The zero-order valence-corrected chi connectivity index (χ0v) is 13.0. The van der Waals surface area contributed by atoms with Crippen LogP contribution in [0.4, 0.5) is 17.5 Å². The topological polar surface area (TPSA) is 78.5 Å². The van der Waals surface area contributed by atoms with Gasteiger partial charge < -0.3 is 10.6 Å². The zero-order chi connectivity index (χ0) is 16.1. The maximum Gasteiger partial charge on any atom is 0.156 e. The van der Waals surface area contributed by atoms with Crippen molar-refractivity contribution < 1.29 is 0 Å². The summed E-state index contributed by atoms with van der Waals surface area (Å²) in [6.07, 6.45) is 3.87. The number of benzene rings is 1. The quantitative estimate of drug-likeness (QED) is 0.673. The largest absolute Gasteiger partial charge is 0.373 e. The SMILES string of the molecule is CNc1cc(Nc2cc(C)[nH]n2)nc(C=Cc2ccccc2)n1. The van der Waals surface area contributed by atoms with Crippen LogP contribution in [-0.4, -0.2) is 27.2 Å². The van der Waals surface area contributed by atoms with E-state index in [1.165, 1.54) is 0 Å². The number of aryl methyl sites for hydroxylation is 1. The number of anilines is 3. The summed E-state index contributed by atoms with van der Waals surface area (Å²) in [7, 11) is 1.83. The van der Waals surface area contributed by atoms with Gasteiger partial charge in [0, 0.05) is 24.9 Å². The summed E-state index contributed by atoms with van der Waals surface area (Å²) in [4.78, 5) is 8.93. The van der Waals surface area contributed by atoms with E-state index in [0.29, 0.717) is 11.6 Å². The van der Waals surface area contributed by atoms with E-state index in [-0.39, 0.29) is 0 Å². The van der Waals surface area contributed by atoms with Crippen LogP contribution in [0.2, 0.25) is 0 Å². The number of hydrogen-bond acceptors (Lipinski definition) is 5. The highest BCUT2D eigenvalue weighted by molar-refractivity contribution is 5.68. The molecular weight excluding hydrogens is 288 g/mol. The summed E-state index contributed by atoms with van der Waals surface area (Å²) in [6.45, 7) is 1.95. The van der Waals surface area contributed by atoms with Gasteiger partial charge in [-0.15, -0.1) is 0 Å². The molecule has 116 valence electrons. The lowest BCUT2D eigenvalue weighted by Crippen LogP contribution is -2.01. The molecule has 0 unspecified atom stereocenters. The number of aromatic nitrogens is 4. The van der Waals surface area contributed by atoms with Crippen LogP contribution in [-0.2, 0) is 0 Å². The van der Waals surface area contributed by atoms with Gasteiger partial charge in [-0.25, -0.2) is 9.97 Å². The molecule has 0 aliphatic rings. The maximum atomic E-state index is 4.50. The first-order valence-corrected chi connectivity index (χ1v) is 7.32. The highest BCUT2D eigenvalue weighted by Crippen LogP contribution is 2.17. The Morgan fingerprint density at radius 1 is 0.957 bits per heavy atom. The molecule has 3 N–H and O–H groups in total. The van der Waals surface area contributed by atoms with Gasteiger partial charge in [0.25, 0.3) is 0 Å². The van der Waals surface area contributed by atoms with E-state index in [4.69, 9.17) is 0 Å². The monoisotopic (exact) mass is 306 g/mol. The number of aromatic amines is 1. The molecule has 3 rings (SSSR count). The van der Waals surface area contributed by atoms with Crippen LogP contribution in [0.3, 0.4) is 0 Å². The van der Waals surface area contributed by atoms with E-state index in [2.05, 4.69) is 30.8 Å². The van der Waals surface area contributed by atoms with Gasteiger partial charge in [0.15, 0.2) is 11.6 Å². The Hall–Kier alpha value is -3.15. The number of H-pyrrole nitrogens is 1. The van der Waals surface area contributed by atoms with Gasteiger partial charge in [-0.1, -0.05) is 36.4 Å². The van der Waals surface area contributed by atoms with Crippen molar-refractivity contribution in [2.45, 2.75) is 6.92 Å². The van der Waals surface area contributed by atoms with E-state index in [0.717, 1.165) is 22.9 Å². The lowest BCUT2D eigenvalue weighted by atomic mass is 10.2. The molecule has 0 atom stereocenters. The molecule has 0 bridgehead atoms. The van der Waals surface area contributed by atoms with Crippen molar-refractivity contribution >= 4 is 29.6 Å². The summed E-state index contributed by atoms with van der Waals surface area (Å²) >= 11 is 0. The van der Waals surface area contributed by atoms with E-state index in [9.17, 15) is 0 Å². The molecule has 6 heteroatoms. The molecule has 2 aromatic heterocycles. The van der Waals surface area contributed by atoms with Crippen LogP contribution < -0.4 is 10.6 Å². The molecule has 1 aromatic carbocycles. The first-order valence-electron chi connectivity index (χ1n) is 7.32. The normalized spacial score (nSPS) is 10.9. The molecule has 3 aromatic rings. The Bertz CT molecular complexity index is 807. The molecule has 0 aliphatic heterocycles. The lowest BCUT2D eigenvalue weighted by Gasteiger charge is -2.06. The number of nitrogens with one attached hydrogen (secondary N) is 3. The molecule has 0 saturated heterocycles. The summed E-state index contributed by atoms with van der Waals surface area (Å²) in [6, 6.07) is 13.8. The third-order valence-electron chi connectivity index (χ3n) is 3.19. The summed E-state index contributed by atoms with van der Waals surface area (Å²) in [5.41, 5.74) is 2.09. The smallest absolute Gasteiger partial charge is 0.156 e. The van der Waals surface area contributed by atoms with Crippen LogP contribution in [0.25, 0.3) is 12.2 Å². The van der Waals surface area contributed by atoms with Crippen LogP contribution in [0.15, 0.2) is 42.5 Å². The fourth-order valence-corrected chi connectivity index (χ4v) is 2.08. The van der Waals surface area contributed by atoms with Crippen LogP contribution in [0, 0.1) is 6.92 Å². The third-order valence-corrected chi connectivity index (χ3v) is 3.19. The molecule has 0 saturated carbocycles. The average molecular weight is 306 g/mol. The second kappa shape index (κ2) is 6.74. The van der Waals surface area contributed by atoms with Crippen LogP contribution in [0.1, 0.15) is 17.1 Å². The second-order valence-electron chi connectivity index (χ2n) is 5.05. The van der Waals surface area contributed by atoms with Crippen LogP contribution >= 0.6 is 0 Å². The molecule has 6 nitrogen and oxygen atoms in total. The minimum absolute atomic E-state index is 0.621. The summed E-state index contributed by atoms with van der Waals surface area (Å²) in [5.74, 6) is 2.77. The molecule has 23 heavy (non-hydrogen) atoms. The first-order chi connectivity index (χ1) is 11.2. The van der Waals surface area contributed by atoms with Gasteiger partial charge in [-0.3, -0.25) is 5.10 Å². The molecule has 0 aliphatic carbocycles.